The Balaban J connectivity index is 1.06. The standard InChI is InChI=1S/C50H62N10O12S/c1-6-45(62)59-31(2)27-43(40-9-7-8-10-42(40)59)60(50(67)72-29-34-11-13-36(14-12-34)55-46(63)32(3)53-47(64)41(51)30-73(68,69)70)38-19-15-35(16-20-38)54-44(61)28-52-49(66)56-37-17-21-39(22-18-37)71-26-25-58-24-23-57(5)48(65)33(58)4/h7-22,31-33,41,43H,6,23-30,51H2,1-5H3,(H,53,64)(H,54,61)(H,55,63)(H2,52,56,66)(H,68,69,70)/t31-,32-,33+,41-,43+/m0/s1. The predicted molar refractivity (Wildman–Crippen MR) is 273 cm³/mol. The van der Waals surface area contributed by atoms with Gasteiger partial charge in [0, 0.05) is 67.6 Å². The van der Waals surface area contributed by atoms with Crippen molar-refractivity contribution in [2.45, 2.75) is 77.4 Å². The van der Waals surface area contributed by atoms with Crippen LogP contribution in [-0.4, -0.2) is 134 Å². The zero-order valence-electron chi connectivity index (χ0n) is 41.2. The van der Waals surface area contributed by atoms with Crippen molar-refractivity contribution in [3.05, 3.63) is 108 Å². The average Bonchev–Trinajstić information content (AvgIpc) is 3.35. The summed E-state index contributed by atoms with van der Waals surface area (Å²) < 4.78 is 42.9. The van der Waals surface area contributed by atoms with E-state index in [9.17, 15) is 42.0 Å². The van der Waals surface area contributed by atoms with Gasteiger partial charge in [0.05, 0.1) is 24.4 Å². The molecule has 0 unspecified atom stereocenters. The molecule has 0 spiro atoms. The first-order valence-corrected chi connectivity index (χ1v) is 25.3. The summed E-state index contributed by atoms with van der Waals surface area (Å²) in [5.74, 6) is -2.51. The van der Waals surface area contributed by atoms with Crippen molar-refractivity contribution in [2.24, 2.45) is 5.73 Å². The number of amides is 8. The van der Waals surface area contributed by atoms with Gasteiger partial charge in [-0.05, 0) is 105 Å². The van der Waals surface area contributed by atoms with Crippen LogP contribution in [0.15, 0.2) is 97.1 Å². The fraction of sp³-hybridized carbons (Fsp3) is 0.380. The molecule has 4 aromatic carbocycles. The molecule has 0 bridgehead atoms. The number of anilines is 5. The number of piperazine rings is 1. The van der Waals surface area contributed by atoms with Crippen LogP contribution in [0, 0.1) is 0 Å². The summed E-state index contributed by atoms with van der Waals surface area (Å²) in [4.78, 5) is 97.5. The van der Waals surface area contributed by atoms with Gasteiger partial charge in [-0.25, -0.2) is 9.59 Å². The number of hydrogen-bond acceptors (Lipinski definition) is 13. The lowest BCUT2D eigenvalue weighted by Crippen LogP contribution is -2.55. The number of para-hydroxylation sites is 1. The third-order valence-electron chi connectivity index (χ3n) is 12.3. The number of nitrogens with two attached hydrogens (primary N) is 1. The fourth-order valence-electron chi connectivity index (χ4n) is 8.35. The van der Waals surface area contributed by atoms with E-state index in [1.165, 1.54) is 11.8 Å². The second-order valence-electron chi connectivity index (χ2n) is 17.7. The predicted octanol–water partition coefficient (Wildman–Crippen LogP) is 4.07. The van der Waals surface area contributed by atoms with Gasteiger partial charge in [-0.1, -0.05) is 37.3 Å². The zero-order chi connectivity index (χ0) is 53.0. The van der Waals surface area contributed by atoms with E-state index in [0.717, 1.165) is 12.1 Å². The van der Waals surface area contributed by atoms with Gasteiger partial charge < -0.3 is 51.6 Å². The third kappa shape index (κ3) is 15.0. The van der Waals surface area contributed by atoms with Crippen LogP contribution in [0.25, 0.3) is 0 Å². The van der Waals surface area contributed by atoms with Crippen LogP contribution >= 0.6 is 0 Å². The number of fused-ring (bicyclic) bond motifs is 1. The Hall–Kier alpha value is -7.60. The Labute approximate surface area is 423 Å². The monoisotopic (exact) mass is 1030 g/mol. The number of carbonyl (C=O) groups excluding carboxylic acids is 7. The molecular formula is C50H62N10O12S. The highest BCUT2D eigenvalue weighted by molar-refractivity contribution is 7.85. The topological polar surface area (TPSA) is 291 Å². The molecule has 6 rings (SSSR count). The number of benzene rings is 4. The van der Waals surface area contributed by atoms with Crippen molar-refractivity contribution in [1.82, 2.24) is 20.4 Å². The lowest BCUT2D eigenvalue weighted by atomic mass is 9.90. The molecule has 2 aliphatic rings. The minimum Gasteiger partial charge on any atom is -0.492 e. The summed E-state index contributed by atoms with van der Waals surface area (Å²) in [6.07, 6.45) is -0.0642. The summed E-state index contributed by atoms with van der Waals surface area (Å²) in [5, 5.41) is 12.9. The van der Waals surface area contributed by atoms with Crippen LogP contribution in [-0.2, 0) is 45.4 Å². The molecule has 5 atom stereocenters. The molecule has 0 aliphatic carbocycles. The van der Waals surface area contributed by atoms with Crippen LogP contribution in [0.3, 0.4) is 0 Å². The molecule has 23 heteroatoms. The summed E-state index contributed by atoms with van der Waals surface area (Å²) in [5.41, 5.74) is 9.11. The first-order chi connectivity index (χ1) is 34.7. The van der Waals surface area contributed by atoms with E-state index in [1.54, 1.807) is 96.6 Å². The Morgan fingerprint density at radius 3 is 2.15 bits per heavy atom. The van der Waals surface area contributed by atoms with Gasteiger partial charge in [-0.2, -0.15) is 8.42 Å². The number of urea groups is 1. The molecule has 0 aromatic heterocycles. The molecule has 1 fully saturated rings. The van der Waals surface area contributed by atoms with Crippen molar-refractivity contribution < 1.29 is 56.0 Å². The Morgan fingerprint density at radius 2 is 1.48 bits per heavy atom. The minimum atomic E-state index is -4.52. The first-order valence-electron chi connectivity index (χ1n) is 23.7. The summed E-state index contributed by atoms with van der Waals surface area (Å²) in [6, 6.07) is 22.6. The van der Waals surface area contributed by atoms with Crippen molar-refractivity contribution in [3.8, 4) is 5.75 Å². The largest absolute Gasteiger partial charge is 0.492 e. The van der Waals surface area contributed by atoms with Crippen LogP contribution in [0.5, 0.6) is 5.75 Å². The minimum absolute atomic E-state index is 0.0679. The van der Waals surface area contributed by atoms with Crippen LogP contribution < -0.4 is 46.9 Å². The van der Waals surface area contributed by atoms with Gasteiger partial charge in [0.2, 0.25) is 29.5 Å². The number of likely N-dealkylation sites (N-methyl/N-ethyl adjacent to an activating group) is 1. The molecule has 22 nitrogen and oxygen atoms in total. The van der Waals surface area contributed by atoms with E-state index in [2.05, 4.69) is 31.5 Å². The molecule has 8 amide bonds. The van der Waals surface area contributed by atoms with Gasteiger partial charge in [0.25, 0.3) is 10.1 Å². The van der Waals surface area contributed by atoms with E-state index in [1.807, 2.05) is 38.1 Å². The molecule has 8 N–H and O–H groups in total. The summed E-state index contributed by atoms with van der Waals surface area (Å²) in [6.45, 7) is 8.82. The number of hydrogen-bond donors (Lipinski definition) is 7. The maximum atomic E-state index is 14.3. The van der Waals surface area contributed by atoms with Gasteiger partial charge in [0.1, 0.15) is 31.0 Å². The highest BCUT2D eigenvalue weighted by atomic mass is 32.2. The lowest BCUT2D eigenvalue weighted by molar-refractivity contribution is -0.139. The number of ether oxygens (including phenoxy) is 2. The molecule has 1 saturated heterocycles. The van der Waals surface area contributed by atoms with Crippen molar-refractivity contribution in [2.75, 3.05) is 71.3 Å². The number of nitrogens with zero attached hydrogens (tertiary/aromatic N) is 4. The van der Waals surface area contributed by atoms with E-state index in [0.29, 0.717) is 65.9 Å². The fourth-order valence-corrected chi connectivity index (χ4v) is 8.96. The van der Waals surface area contributed by atoms with Gasteiger partial charge in [-0.3, -0.25) is 38.3 Å². The molecule has 2 heterocycles. The van der Waals surface area contributed by atoms with E-state index < -0.39 is 63.8 Å². The molecule has 73 heavy (non-hydrogen) atoms. The smallest absolute Gasteiger partial charge is 0.415 e. The summed E-state index contributed by atoms with van der Waals surface area (Å²) in [7, 11) is -2.72. The van der Waals surface area contributed by atoms with Crippen molar-refractivity contribution >= 4 is 80.2 Å². The number of nitrogens with one attached hydrogen (secondary N) is 5. The quantitative estimate of drug-likeness (QED) is 0.0653. The molecular weight excluding hydrogens is 965 g/mol. The summed E-state index contributed by atoms with van der Waals surface area (Å²) >= 11 is 0. The van der Waals surface area contributed by atoms with Crippen LogP contribution in [0.2, 0.25) is 0 Å². The highest BCUT2D eigenvalue weighted by Gasteiger charge is 2.39. The maximum absolute atomic E-state index is 14.3. The van der Waals surface area contributed by atoms with Crippen molar-refractivity contribution in [3.63, 3.8) is 0 Å². The highest BCUT2D eigenvalue weighted by Crippen LogP contribution is 2.43. The van der Waals surface area contributed by atoms with Gasteiger partial charge in [0.15, 0.2) is 0 Å². The maximum Gasteiger partial charge on any atom is 0.415 e. The molecule has 0 radical (unpaired) electrons. The Kier molecular flexibility index (Phi) is 18.5. The van der Waals surface area contributed by atoms with Crippen LogP contribution in [0.4, 0.5) is 38.0 Å². The third-order valence-corrected chi connectivity index (χ3v) is 13.1. The Morgan fingerprint density at radius 1 is 0.849 bits per heavy atom. The molecule has 2 aliphatic heterocycles. The Bertz CT molecular complexity index is 2750. The molecule has 0 saturated carbocycles. The number of carbonyl (C=O) groups is 7. The van der Waals surface area contributed by atoms with Crippen LogP contribution in [0.1, 0.15) is 57.7 Å². The lowest BCUT2D eigenvalue weighted by Gasteiger charge is -2.43. The van der Waals surface area contributed by atoms with E-state index in [-0.39, 0.29) is 43.5 Å². The SMILES string of the molecule is CCC(=O)N1c2ccccc2[C@H](N(C(=O)OCc2ccc(NC(=O)[C@H](C)NC(=O)[C@@H](N)CS(=O)(=O)O)cc2)c2ccc(NC(=O)CNC(=O)Nc3ccc(OCCN4CCN(C)C(=O)[C@H]4C)cc3)cc2)C[C@@H]1C. The normalized spacial score (nSPS) is 17.5. The average molecular weight is 1030 g/mol. The van der Waals surface area contributed by atoms with E-state index in [4.69, 9.17) is 19.8 Å². The first kappa shape index (κ1) is 54.7. The van der Waals surface area contributed by atoms with Gasteiger partial charge in [-0.15, -0.1) is 0 Å². The van der Waals surface area contributed by atoms with Crippen molar-refractivity contribution in [1.29, 1.82) is 0 Å². The second-order valence-corrected chi connectivity index (χ2v) is 19.2. The molecule has 4 aromatic rings. The second kappa shape index (κ2) is 24.7. The van der Waals surface area contributed by atoms with Gasteiger partial charge >= 0.3 is 12.1 Å². The molecule has 390 valence electrons. The number of rotatable bonds is 19. The van der Waals surface area contributed by atoms with E-state index >= 15 is 0 Å². The zero-order valence-corrected chi connectivity index (χ0v) is 42.0.